The zero-order valence-electron chi connectivity index (χ0n) is 29.0. The van der Waals surface area contributed by atoms with Crippen LogP contribution >= 0.6 is 0 Å². The summed E-state index contributed by atoms with van der Waals surface area (Å²) in [6.45, 7) is 1.13. The Kier molecular flexibility index (Phi) is 7.65. The molecule has 0 bridgehead atoms. The third-order valence-electron chi connectivity index (χ3n) is 10.3. The van der Waals surface area contributed by atoms with Crippen molar-refractivity contribution in [1.82, 2.24) is 0 Å². The molecule has 0 radical (unpaired) electrons. The first kappa shape index (κ1) is 31.0. The van der Waals surface area contributed by atoms with E-state index in [4.69, 9.17) is 19.5 Å². The first-order chi connectivity index (χ1) is 26.2. The van der Waals surface area contributed by atoms with Crippen molar-refractivity contribution >= 4 is 88.4 Å². The second kappa shape index (κ2) is 13.1. The molecular weight excluding hydrogens is 649 g/mol. The van der Waals surface area contributed by atoms with Gasteiger partial charge in [0.2, 0.25) is 0 Å². The van der Waals surface area contributed by atoms with Crippen molar-refractivity contribution in [2.75, 3.05) is 13.2 Å². The maximum Gasteiger partial charge on any atom is 0.119 e. The monoisotopic (exact) mass is 682 g/mol. The topological polar surface area (TPSA) is 43.2 Å². The molecule has 4 heteroatoms. The molecular formula is C49H34N2O2. The Morgan fingerprint density at radius 1 is 0.358 bits per heavy atom. The second-order valence-corrected chi connectivity index (χ2v) is 13.6. The molecule has 0 atom stereocenters. The van der Waals surface area contributed by atoms with Crippen molar-refractivity contribution < 1.29 is 9.47 Å². The van der Waals surface area contributed by atoms with Crippen LogP contribution in [0.2, 0.25) is 0 Å². The van der Waals surface area contributed by atoms with E-state index in [1.165, 1.54) is 64.6 Å². The number of ether oxygens (including phenoxy) is 2. The number of benzene rings is 10. The fourth-order valence-corrected chi connectivity index (χ4v) is 7.72. The van der Waals surface area contributed by atoms with Crippen LogP contribution in [0.25, 0.3) is 64.6 Å². The third kappa shape index (κ3) is 5.75. The normalized spacial score (nSPS) is 12.2. The molecule has 10 rings (SSSR count). The van der Waals surface area contributed by atoms with E-state index < -0.39 is 0 Å². The minimum atomic E-state index is 0.563. The fourth-order valence-electron chi connectivity index (χ4n) is 7.72. The summed E-state index contributed by atoms with van der Waals surface area (Å²) in [6, 6.07) is 55.2. The highest BCUT2D eigenvalue weighted by atomic mass is 16.5. The molecule has 0 aliphatic heterocycles. The number of hydrogen-bond acceptors (Lipinski definition) is 4. The number of aliphatic imine (C=N–C) groups is 2. The molecule has 0 saturated heterocycles. The van der Waals surface area contributed by atoms with Crippen LogP contribution in [-0.2, 0) is 0 Å². The van der Waals surface area contributed by atoms with Gasteiger partial charge in [0, 0.05) is 30.0 Å². The molecule has 0 aliphatic rings. The predicted octanol–water partition coefficient (Wildman–Crippen LogP) is 12.8. The Labute approximate surface area is 306 Å². The Morgan fingerprint density at radius 3 is 1.13 bits per heavy atom. The maximum atomic E-state index is 5.99. The van der Waals surface area contributed by atoms with E-state index >= 15 is 0 Å². The summed E-state index contributed by atoms with van der Waals surface area (Å²) >= 11 is 0. The highest BCUT2D eigenvalue weighted by Crippen LogP contribution is 2.37. The molecule has 0 heterocycles. The quantitative estimate of drug-likeness (QED) is 0.0818. The molecule has 4 nitrogen and oxygen atoms in total. The molecule has 0 aliphatic carbocycles. The van der Waals surface area contributed by atoms with Crippen LogP contribution in [0.3, 0.4) is 0 Å². The van der Waals surface area contributed by atoms with Gasteiger partial charge in [-0.15, -0.1) is 0 Å². The average Bonchev–Trinajstić information content (AvgIpc) is 3.21. The minimum Gasteiger partial charge on any atom is -0.493 e. The van der Waals surface area contributed by atoms with Gasteiger partial charge in [-0.2, -0.15) is 0 Å². The Morgan fingerprint density at radius 2 is 0.717 bits per heavy atom. The van der Waals surface area contributed by atoms with Crippen LogP contribution in [0.5, 0.6) is 11.5 Å². The number of nitrogens with zero attached hydrogens (tertiary/aromatic N) is 2. The first-order valence-electron chi connectivity index (χ1n) is 18.1. The molecule has 252 valence electrons. The Bertz CT molecular complexity index is 2730. The molecule has 53 heavy (non-hydrogen) atoms. The van der Waals surface area contributed by atoms with E-state index in [-0.39, 0.29) is 0 Å². The lowest BCUT2D eigenvalue weighted by Crippen LogP contribution is -2.04. The van der Waals surface area contributed by atoms with E-state index in [1.54, 1.807) is 0 Å². The van der Waals surface area contributed by atoms with E-state index in [2.05, 4.69) is 109 Å². The van der Waals surface area contributed by atoms with Crippen molar-refractivity contribution in [2.45, 2.75) is 6.42 Å². The summed E-state index contributed by atoms with van der Waals surface area (Å²) in [5.74, 6) is 1.64. The SMILES string of the molecule is C(=Nc1ccc(OCCCOc2ccc(N=Cc3ccc4ccc5cccc6ccc3c4c56)cc2)cc1)c1ccc2ccc3cccc4ccc1c2c34. The Balaban J connectivity index is 0.732. The van der Waals surface area contributed by atoms with Gasteiger partial charge in [-0.25, -0.2) is 0 Å². The Hall–Kier alpha value is -6.78. The van der Waals surface area contributed by atoms with E-state index in [1.807, 2.05) is 61.0 Å². The van der Waals surface area contributed by atoms with Crippen LogP contribution in [-0.4, -0.2) is 25.6 Å². The van der Waals surface area contributed by atoms with Crippen LogP contribution in [0, 0.1) is 0 Å². The number of hydrogen-bond donors (Lipinski definition) is 0. The van der Waals surface area contributed by atoms with Gasteiger partial charge in [-0.3, -0.25) is 9.98 Å². The summed E-state index contributed by atoms with van der Waals surface area (Å²) in [4.78, 5) is 9.59. The van der Waals surface area contributed by atoms with Gasteiger partial charge in [0.25, 0.3) is 0 Å². The second-order valence-electron chi connectivity index (χ2n) is 13.6. The molecule has 0 saturated carbocycles. The zero-order valence-corrected chi connectivity index (χ0v) is 29.0. The standard InChI is InChI=1S/C49H34N2O2/c1-4-32-8-10-36-12-14-38(44-26-16-34(6-1)46(32)48(36)44)30-50-40-18-22-42(23-19-40)52-28-3-29-53-43-24-20-41(21-25-43)51-31-39-15-13-37-11-9-33-5-2-7-35-17-27-45(39)49(37)47(33)35/h1-2,4-27,30-31H,3,28-29H2. The summed E-state index contributed by atoms with van der Waals surface area (Å²) in [5, 5.41) is 15.3. The maximum absolute atomic E-state index is 5.99. The van der Waals surface area contributed by atoms with Crippen LogP contribution in [0.15, 0.2) is 168 Å². The van der Waals surface area contributed by atoms with Crippen LogP contribution < -0.4 is 9.47 Å². The predicted molar refractivity (Wildman–Crippen MR) is 223 cm³/mol. The summed E-state index contributed by atoms with van der Waals surface area (Å²) in [7, 11) is 0. The van der Waals surface area contributed by atoms with Gasteiger partial charge in [-0.1, -0.05) is 109 Å². The summed E-state index contributed by atoms with van der Waals surface area (Å²) in [5.41, 5.74) is 3.99. The third-order valence-corrected chi connectivity index (χ3v) is 10.3. The van der Waals surface area contributed by atoms with E-state index in [9.17, 15) is 0 Å². The average molecular weight is 683 g/mol. The van der Waals surface area contributed by atoms with Crippen molar-refractivity contribution in [1.29, 1.82) is 0 Å². The molecule has 10 aromatic rings. The summed E-state index contributed by atoms with van der Waals surface area (Å²) in [6.07, 6.45) is 4.70. The lowest BCUT2D eigenvalue weighted by atomic mass is 9.92. The lowest BCUT2D eigenvalue weighted by Gasteiger charge is -2.12. The minimum absolute atomic E-state index is 0.563. The van der Waals surface area contributed by atoms with Crippen molar-refractivity contribution in [3.8, 4) is 11.5 Å². The van der Waals surface area contributed by atoms with Gasteiger partial charge in [0.15, 0.2) is 0 Å². The van der Waals surface area contributed by atoms with Gasteiger partial charge in [0.05, 0.1) is 24.6 Å². The molecule has 0 N–H and O–H groups in total. The molecule has 0 unspecified atom stereocenters. The van der Waals surface area contributed by atoms with Gasteiger partial charge in [0.1, 0.15) is 11.5 Å². The van der Waals surface area contributed by atoms with E-state index in [0.29, 0.717) is 13.2 Å². The summed E-state index contributed by atoms with van der Waals surface area (Å²) < 4.78 is 12.0. The smallest absolute Gasteiger partial charge is 0.119 e. The highest BCUT2D eigenvalue weighted by molar-refractivity contribution is 6.26. The number of rotatable bonds is 10. The largest absolute Gasteiger partial charge is 0.493 e. The first-order valence-corrected chi connectivity index (χ1v) is 18.1. The van der Waals surface area contributed by atoms with Crippen LogP contribution in [0.4, 0.5) is 11.4 Å². The molecule has 0 spiro atoms. The van der Waals surface area contributed by atoms with Gasteiger partial charge >= 0.3 is 0 Å². The molecule has 0 aromatic heterocycles. The van der Waals surface area contributed by atoms with Gasteiger partial charge in [-0.05, 0) is 113 Å². The zero-order chi connectivity index (χ0) is 35.1. The van der Waals surface area contributed by atoms with Crippen molar-refractivity contribution in [3.05, 3.63) is 169 Å². The molecule has 0 amide bonds. The van der Waals surface area contributed by atoms with E-state index in [0.717, 1.165) is 40.4 Å². The van der Waals surface area contributed by atoms with Gasteiger partial charge < -0.3 is 9.47 Å². The molecule has 0 fully saturated rings. The van der Waals surface area contributed by atoms with Crippen molar-refractivity contribution in [2.24, 2.45) is 9.98 Å². The fraction of sp³-hybridized carbons (Fsp3) is 0.0612. The highest BCUT2D eigenvalue weighted by Gasteiger charge is 2.11. The molecule has 10 aromatic carbocycles. The van der Waals surface area contributed by atoms with Crippen LogP contribution in [0.1, 0.15) is 17.5 Å². The van der Waals surface area contributed by atoms with Crippen molar-refractivity contribution in [3.63, 3.8) is 0 Å². The lowest BCUT2D eigenvalue weighted by molar-refractivity contribution is 0.247.